The summed E-state index contributed by atoms with van der Waals surface area (Å²) in [6, 6.07) is 21.2. The third-order valence-electron chi connectivity index (χ3n) is 5.64. The van der Waals surface area contributed by atoms with Gasteiger partial charge in [0.1, 0.15) is 6.04 Å². The quantitative estimate of drug-likeness (QED) is 0.532. The smallest absolute Gasteiger partial charge is 0.251 e. The first-order valence-electron chi connectivity index (χ1n) is 11.2. The highest BCUT2D eigenvalue weighted by Crippen LogP contribution is 2.25. The molecule has 0 spiro atoms. The van der Waals surface area contributed by atoms with Gasteiger partial charge in [-0.05, 0) is 60.9 Å². The standard InChI is InChI=1S/C26H29N3O4S/c1-19-15-20(2)17-23(16-19)27-25(21-7-4-3-5-8-21)26(30)28-22-9-6-10-24(18-22)34(31,32)29-11-13-33-14-12-29/h3-10,15-18,25,27H,11-14H2,1-2H3,(H,28,30). The van der Waals surface area contributed by atoms with Gasteiger partial charge in [-0.3, -0.25) is 4.79 Å². The fourth-order valence-electron chi connectivity index (χ4n) is 4.06. The highest BCUT2D eigenvalue weighted by atomic mass is 32.2. The van der Waals surface area contributed by atoms with E-state index in [4.69, 9.17) is 4.74 Å². The molecule has 4 rings (SSSR count). The van der Waals surface area contributed by atoms with Crippen molar-refractivity contribution in [3.63, 3.8) is 0 Å². The van der Waals surface area contributed by atoms with Crippen molar-refractivity contribution < 1.29 is 17.9 Å². The van der Waals surface area contributed by atoms with Crippen molar-refractivity contribution in [1.29, 1.82) is 0 Å². The predicted octanol–water partition coefficient (Wildman–Crippen LogP) is 4.12. The molecular weight excluding hydrogens is 450 g/mol. The van der Waals surface area contributed by atoms with Crippen molar-refractivity contribution in [2.24, 2.45) is 0 Å². The summed E-state index contributed by atoms with van der Waals surface area (Å²) >= 11 is 0. The number of aryl methyl sites for hydroxylation is 2. The van der Waals surface area contributed by atoms with Crippen LogP contribution in [-0.2, 0) is 19.6 Å². The molecule has 1 fully saturated rings. The first kappa shape index (κ1) is 23.9. The number of carbonyl (C=O) groups is 1. The second kappa shape index (κ2) is 10.4. The number of ether oxygens (including phenoxy) is 1. The van der Waals surface area contributed by atoms with E-state index in [-0.39, 0.29) is 10.8 Å². The van der Waals surface area contributed by atoms with Gasteiger partial charge in [0, 0.05) is 24.5 Å². The summed E-state index contributed by atoms with van der Waals surface area (Å²) in [6.07, 6.45) is 0. The van der Waals surface area contributed by atoms with Gasteiger partial charge in [0.25, 0.3) is 5.91 Å². The number of anilines is 2. The molecule has 3 aromatic carbocycles. The second-order valence-electron chi connectivity index (χ2n) is 8.40. The Balaban J connectivity index is 1.58. The highest BCUT2D eigenvalue weighted by Gasteiger charge is 2.27. The molecule has 1 heterocycles. The molecule has 1 saturated heterocycles. The van der Waals surface area contributed by atoms with Gasteiger partial charge in [0.2, 0.25) is 10.0 Å². The molecule has 1 amide bonds. The third kappa shape index (κ3) is 5.64. The molecule has 0 aliphatic carbocycles. The Hall–Kier alpha value is -3.20. The average Bonchev–Trinajstić information content (AvgIpc) is 2.83. The summed E-state index contributed by atoms with van der Waals surface area (Å²) in [5, 5.41) is 6.24. The van der Waals surface area contributed by atoms with Gasteiger partial charge in [-0.15, -0.1) is 0 Å². The van der Waals surface area contributed by atoms with Gasteiger partial charge in [0.05, 0.1) is 18.1 Å². The van der Waals surface area contributed by atoms with Gasteiger partial charge in [0.15, 0.2) is 0 Å². The lowest BCUT2D eigenvalue weighted by Gasteiger charge is -2.26. The lowest BCUT2D eigenvalue weighted by atomic mass is 10.0. The van der Waals surface area contributed by atoms with Crippen LogP contribution in [0, 0.1) is 13.8 Å². The monoisotopic (exact) mass is 479 g/mol. The van der Waals surface area contributed by atoms with E-state index >= 15 is 0 Å². The van der Waals surface area contributed by atoms with E-state index in [0.717, 1.165) is 22.4 Å². The van der Waals surface area contributed by atoms with Crippen molar-refractivity contribution in [2.75, 3.05) is 36.9 Å². The number of hydrogen-bond donors (Lipinski definition) is 2. The van der Waals surface area contributed by atoms with Crippen LogP contribution < -0.4 is 10.6 Å². The molecule has 34 heavy (non-hydrogen) atoms. The van der Waals surface area contributed by atoms with E-state index in [0.29, 0.717) is 32.0 Å². The zero-order valence-electron chi connectivity index (χ0n) is 19.3. The minimum Gasteiger partial charge on any atom is -0.379 e. The zero-order chi connectivity index (χ0) is 24.1. The summed E-state index contributed by atoms with van der Waals surface area (Å²) in [7, 11) is -3.66. The molecule has 7 nitrogen and oxygen atoms in total. The molecule has 0 saturated carbocycles. The average molecular weight is 480 g/mol. The maximum atomic E-state index is 13.4. The van der Waals surface area contributed by atoms with Crippen LogP contribution in [-0.4, -0.2) is 44.9 Å². The molecule has 0 radical (unpaired) electrons. The van der Waals surface area contributed by atoms with E-state index in [2.05, 4.69) is 16.7 Å². The molecule has 1 aliphatic rings. The molecule has 3 aromatic rings. The van der Waals surface area contributed by atoms with Crippen LogP contribution in [0.15, 0.2) is 77.7 Å². The van der Waals surface area contributed by atoms with Gasteiger partial charge in [-0.1, -0.05) is 42.5 Å². The fraction of sp³-hybridized carbons (Fsp3) is 0.269. The van der Waals surface area contributed by atoms with E-state index in [1.54, 1.807) is 18.2 Å². The van der Waals surface area contributed by atoms with E-state index in [1.807, 2.05) is 56.3 Å². The maximum Gasteiger partial charge on any atom is 0.251 e. The van der Waals surface area contributed by atoms with Crippen LogP contribution in [0.1, 0.15) is 22.7 Å². The normalized spacial score (nSPS) is 15.5. The Morgan fingerprint density at radius 2 is 1.56 bits per heavy atom. The predicted molar refractivity (Wildman–Crippen MR) is 133 cm³/mol. The SMILES string of the molecule is Cc1cc(C)cc(NC(C(=O)Nc2cccc(S(=O)(=O)N3CCOCC3)c2)c2ccccc2)c1. The van der Waals surface area contributed by atoms with Crippen LogP contribution in [0.25, 0.3) is 0 Å². The van der Waals surface area contributed by atoms with Crippen molar-refractivity contribution in [3.05, 3.63) is 89.5 Å². The number of benzene rings is 3. The number of nitrogens with one attached hydrogen (secondary N) is 2. The summed E-state index contributed by atoms with van der Waals surface area (Å²) in [4.78, 5) is 13.5. The zero-order valence-corrected chi connectivity index (χ0v) is 20.1. The Morgan fingerprint density at radius 1 is 0.882 bits per heavy atom. The Labute approximate surface area is 200 Å². The van der Waals surface area contributed by atoms with Crippen LogP contribution in [0.5, 0.6) is 0 Å². The topological polar surface area (TPSA) is 87.7 Å². The lowest BCUT2D eigenvalue weighted by molar-refractivity contribution is -0.117. The number of sulfonamides is 1. The summed E-state index contributed by atoms with van der Waals surface area (Å²) in [5.41, 5.74) is 4.25. The number of morpholine rings is 1. The molecule has 1 atom stereocenters. The maximum absolute atomic E-state index is 13.4. The van der Waals surface area contributed by atoms with E-state index in [1.165, 1.54) is 10.4 Å². The van der Waals surface area contributed by atoms with Gasteiger partial charge >= 0.3 is 0 Å². The Bertz CT molecular complexity index is 1240. The summed E-state index contributed by atoms with van der Waals surface area (Å²) in [5.74, 6) is -0.286. The molecule has 2 N–H and O–H groups in total. The Kier molecular flexibility index (Phi) is 7.31. The minimum atomic E-state index is -3.66. The lowest BCUT2D eigenvalue weighted by Crippen LogP contribution is -2.40. The van der Waals surface area contributed by atoms with Crippen LogP contribution in [0.4, 0.5) is 11.4 Å². The van der Waals surface area contributed by atoms with Crippen LogP contribution in [0.2, 0.25) is 0 Å². The second-order valence-corrected chi connectivity index (χ2v) is 10.3. The number of nitrogens with zero attached hydrogens (tertiary/aromatic N) is 1. The van der Waals surface area contributed by atoms with Crippen LogP contribution in [0.3, 0.4) is 0 Å². The minimum absolute atomic E-state index is 0.144. The molecule has 1 aliphatic heterocycles. The number of carbonyl (C=O) groups excluding carboxylic acids is 1. The van der Waals surface area contributed by atoms with Gasteiger partial charge < -0.3 is 15.4 Å². The summed E-state index contributed by atoms with van der Waals surface area (Å²) < 4.78 is 32.7. The number of hydrogen-bond acceptors (Lipinski definition) is 5. The molecule has 1 unspecified atom stereocenters. The fourth-order valence-corrected chi connectivity index (χ4v) is 5.51. The molecule has 8 heteroatoms. The Morgan fingerprint density at radius 3 is 2.24 bits per heavy atom. The van der Waals surface area contributed by atoms with Crippen molar-refractivity contribution in [2.45, 2.75) is 24.8 Å². The summed E-state index contributed by atoms with van der Waals surface area (Å²) in [6.45, 7) is 5.40. The number of amides is 1. The molecule has 178 valence electrons. The van der Waals surface area contributed by atoms with E-state index in [9.17, 15) is 13.2 Å². The largest absolute Gasteiger partial charge is 0.379 e. The van der Waals surface area contributed by atoms with Crippen molar-refractivity contribution >= 4 is 27.3 Å². The first-order valence-corrected chi connectivity index (χ1v) is 12.7. The van der Waals surface area contributed by atoms with Crippen molar-refractivity contribution in [3.8, 4) is 0 Å². The molecule has 0 bridgehead atoms. The van der Waals surface area contributed by atoms with Gasteiger partial charge in [-0.2, -0.15) is 4.31 Å². The van der Waals surface area contributed by atoms with Crippen molar-refractivity contribution in [1.82, 2.24) is 4.31 Å². The first-order chi connectivity index (χ1) is 16.3. The third-order valence-corrected chi connectivity index (χ3v) is 7.53. The number of rotatable bonds is 7. The molecular formula is C26H29N3O4S. The highest BCUT2D eigenvalue weighted by molar-refractivity contribution is 7.89. The van der Waals surface area contributed by atoms with Gasteiger partial charge in [-0.25, -0.2) is 8.42 Å². The van der Waals surface area contributed by atoms with Crippen LogP contribution >= 0.6 is 0 Å². The van der Waals surface area contributed by atoms with E-state index < -0.39 is 16.1 Å². The molecule has 0 aromatic heterocycles.